The Kier molecular flexibility index (Phi) is 7.95. The van der Waals surface area contributed by atoms with E-state index in [1.807, 2.05) is 47.0 Å². The van der Waals surface area contributed by atoms with Crippen molar-refractivity contribution >= 4 is 34.9 Å². The Hall–Kier alpha value is -3.63. The Morgan fingerprint density at radius 2 is 1.79 bits per heavy atom. The SMILES string of the molecule is COc1ccccc1-c1nnc(SCC(=O)NNC(=O)c2cccs2)n1CCc1ccccc1. The number of thioether (sulfide) groups is 1. The van der Waals surface area contributed by atoms with E-state index in [-0.39, 0.29) is 17.6 Å². The number of aromatic nitrogens is 3. The molecule has 2 heterocycles. The first-order valence-electron chi connectivity index (χ1n) is 10.5. The third-order valence-corrected chi connectivity index (χ3v) is 6.76. The molecule has 174 valence electrons. The molecule has 0 unspecified atom stereocenters. The van der Waals surface area contributed by atoms with Crippen molar-refractivity contribution in [3.63, 3.8) is 0 Å². The van der Waals surface area contributed by atoms with Gasteiger partial charge in [0.25, 0.3) is 5.91 Å². The molecule has 0 spiro atoms. The van der Waals surface area contributed by atoms with Crippen molar-refractivity contribution in [2.75, 3.05) is 12.9 Å². The number of thiophene rings is 1. The van der Waals surface area contributed by atoms with E-state index in [9.17, 15) is 9.59 Å². The fourth-order valence-electron chi connectivity index (χ4n) is 3.27. The Labute approximate surface area is 205 Å². The van der Waals surface area contributed by atoms with Crippen LogP contribution in [0.5, 0.6) is 5.75 Å². The highest BCUT2D eigenvalue weighted by molar-refractivity contribution is 7.99. The number of hydrogen-bond acceptors (Lipinski definition) is 7. The number of methoxy groups -OCH3 is 1. The van der Waals surface area contributed by atoms with Crippen molar-refractivity contribution < 1.29 is 14.3 Å². The van der Waals surface area contributed by atoms with Gasteiger partial charge in [-0.2, -0.15) is 0 Å². The van der Waals surface area contributed by atoms with E-state index in [0.29, 0.717) is 28.2 Å². The Bertz CT molecular complexity index is 1240. The minimum atomic E-state index is -0.349. The fourth-order valence-corrected chi connectivity index (χ4v) is 4.66. The molecule has 0 aliphatic heterocycles. The molecule has 2 amide bonds. The largest absolute Gasteiger partial charge is 0.496 e. The maximum absolute atomic E-state index is 12.3. The molecule has 2 N–H and O–H groups in total. The van der Waals surface area contributed by atoms with E-state index < -0.39 is 0 Å². The average Bonchev–Trinajstić information content (AvgIpc) is 3.56. The Morgan fingerprint density at radius 3 is 2.56 bits per heavy atom. The number of ether oxygens (including phenoxy) is 1. The topological polar surface area (TPSA) is 98.1 Å². The molecule has 0 bridgehead atoms. The first kappa shape index (κ1) is 23.5. The molecule has 4 aromatic rings. The van der Waals surface area contributed by atoms with E-state index in [0.717, 1.165) is 12.0 Å². The van der Waals surface area contributed by atoms with Crippen molar-refractivity contribution in [2.45, 2.75) is 18.1 Å². The lowest BCUT2D eigenvalue weighted by molar-refractivity contribution is -0.119. The standard InChI is InChI=1S/C24H23N5O3S2/c1-32-19-11-6-5-10-18(19)22-26-28-24(29(22)14-13-17-8-3-2-4-9-17)34-16-21(30)25-27-23(31)20-12-7-15-33-20/h2-12,15H,13-14,16H2,1H3,(H,25,30)(H,27,31). The molecule has 34 heavy (non-hydrogen) atoms. The molecule has 4 rings (SSSR count). The summed E-state index contributed by atoms with van der Waals surface area (Å²) in [7, 11) is 1.62. The van der Waals surface area contributed by atoms with Crippen LogP contribution in [0, 0.1) is 0 Å². The smallest absolute Gasteiger partial charge is 0.279 e. The lowest BCUT2D eigenvalue weighted by atomic mass is 10.1. The van der Waals surface area contributed by atoms with Crippen LogP contribution in [0.2, 0.25) is 0 Å². The molecule has 0 aliphatic rings. The highest BCUT2D eigenvalue weighted by atomic mass is 32.2. The van der Waals surface area contributed by atoms with Crippen LogP contribution in [0.4, 0.5) is 0 Å². The summed E-state index contributed by atoms with van der Waals surface area (Å²) in [6.07, 6.45) is 0.775. The summed E-state index contributed by atoms with van der Waals surface area (Å²) in [5.41, 5.74) is 6.88. The predicted molar refractivity (Wildman–Crippen MR) is 133 cm³/mol. The van der Waals surface area contributed by atoms with Gasteiger partial charge in [0.1, 0.15) is 5.75 Å². The number of aryl methyl sites for hydroxylation is 1. The number of nitrogens with zero attached hydrogens (tertiary/aromatic N) is 3. The zero-order valence-electron chi connectivity index (χ0n) is 18.4. The quantitative estimate of drug-likeness (QED) is 0.272. The third-order valence-electron chi connectivity index (χ3n) is 4.92. The summed E-state index contributed by atoms with van der Waals surface area (Å²) in [6, 6.07) is 21.2. The number of hydrazine groups is 1. The molecule has 0 aliphatic carbocycles. The van der Waals surface area contributed by atoms with E-state index >= 15 is 0 Å². The first-order valence-corrected chi connectivity index (χ1v) is 12.4. The molecule has 10 heteroatoms. The van der Waals surface area contributed by atoms with Gasteiger partial charge in [0.2, 0.25) is 5.91 Å². The summed E-state index contributed by atoms with van der Waals surface area (Å²) in [6.45, 7) is 0.628. The summed E-state index contributed by atoms with van der Waals surface area (Å²) in [5.74, 6) is 0.744. The van der Waals surface area contributed by atoms with Gasteiger partial charge in [-0.1, -0.05) is 60.3 Å². The number of para-hydroxylation sites is 1. The summed E-state index contributed by atoms with van der Waals surface area (Å²) in [5, 5.41) is 11.2. The zero-order chi connectivity index (χ0) is 23.8. The molecular weight excluding hydrogens is 470 g/mol. The molecule has 0 radical (unpaired) electrons. The molecule has 0 fully saturated rings. The molecule has 2 aromatic heterocycles. The monoisotopic (exact) mass is 493 g/mol. The molecule has 0 saturated carbocycles. The van der Waals surface area contributed by atoms with Crippen LogP contribution in [0.25, 0.3) is 11.4 Å². The number of rotatable bonds is 9. The maximum Gasteiger partial charge on any atom is 0.279 e. The van der Waals surface area contributed by atoms with Gasteiger partial charge in [0.15, 0.2) is 11.0 Å². The van der Waals surface area contributed by atoms with Gasteiger partial charge < -0.3 is 9.30 Å². The second kappa shape index (κ2) is 11.5. The van der Waals surface area contributed by atoms with Crippen LogP contribution < -0.4 is 15.6 Å². The van der Waals surface area contributed by atoms with Gasteiger partial charge in [-0.25, -0.2) is 0 Å². The maximum atomic E-state index is 12.3. The molecule has 0 atom stereocenters. The van der Waals surface area contributed by atoms with E-state index in [1.165, 1.54) is 28.7 Å². The second-order valence-electron chi connectivity index (χ2n) is 7.16. The summed E-state index contributed by atoms with van der Waals surface area (Å²) >= 11 is 2.56. The van der Waals surface area contributed by atoms with Crippen LogP contribution in [-0.2, 0) is 17.8 Å². The van der Waals surface area contributed by atoms with Crippen LogP contribution in [-0.4, -0.2) is 39.4 Å². The number of carbonyl (C=O) groups excluding carboxylic acids is 2. The van der Waals surface area contributed by atoms with Gasteiger partial charge in [-0.3, -0.25) is 20.4 Å². The van der Waals surface area contributed by atoms with Crippen LogP contribution in [0.3, 0.4) is 0 Å². The van der Waals surface area contributed by atoms with Gasteiger partial charge in [-0.05, 0) is 35.6 Å². The predicted octanol–water partition coefficient (Wildman–Crippen LogP) is 3.81. The highest BCUT2D eigenvalue weighted by Gasteiger charge is 2.18. The Balaban J connectivity index is 1.47. The van der Waals surface area contributed by atoms with Crippen molar-refractivity contribution in [3.05, 3.63) is 82.6 Å². The number of carbonyl (C=O) groups is 2. The van der Waals surface area contributed by atoms with Crippen LogP contribution >= 0.6 is 23.1 Å². The van der Waals surface area contributed by atoms with E-state index in [4.69, 9.17) is 4.74 Å². The molecule has 8 nitrogen and oxygen atoms in total. The normalized spacial score (nSPS) is 10.6. The van der Waals surface area contributed by atoms with Crippen molar-refractivity contribution in [1.29, 1.82) is 0 Å². The van der Waals surface area contributed by atoms with Crippen LogP contribution in [0.15, 0.2) is 77.3 Å². The van der Waals surface area contributed by atoms with E-state index in [1.54, 1.807) is 24.6 Å². The van der Waals surface area contributed by atoms with Gasteiger partial charge in [-0.15, -0.1) is 21.5 Å². The lowest BCUT2D eigenvalue weighted by Gasteiger charge is -2.12. The average molecular weight is 494 g/mol. The van der Waals surface area contributed by atoms with Crippen molar-refractivity contribution in [3.8, 4) is 17.1 Å². The number of nitrogens with one attached hydrogen (secondary N) is 2. The zero-order valence-corrected chi connectivity index (χ0v) is 20.1. The number of benzene rings is 2. The van der Waals surface area contributed by atoms with Crippen LogP contribution in [0.1, 0.15) is 15.2 Å². The third kappa shape index (κ3) is 5.83. The molecular formula is C24H23N5O3S2. The first-order chi connectivity index (χ1) is 16.7. The lowest BCUT2D eigenvalue weighted by Crippen LogP contribution is -2.42. The number of hydrogen-bond donors (Lipinski definition) is 2. The van der Waals surface area contributed by atoms with Crippen molar-refractivity contribution in [2.24, 2.45) is 0 Å². The van der Waals surface area contributed by atoms with Gasteiger partial charge >= 0.3 is 0 Å². The minimum absolute atomic E-state index is 0.0696. The van der Waals surface area contributed by atoms with E-state index in [2.05, 4.69) is 33.2 Å². The van der Waals surface area contributed by atoms with Gasteiger partial charge in [0, 0.05) is 6.54 Å². The summed E-state index contributed by atoms with van der Waals surface area (Å²) < 4.78 is 7.51. The second-order valence-corrected chi connectivity index (χ2v) is 9.05. The Morgan fingerprint density at radius 1 is 1.00 bits per heavy atom. The van der Waals surface area contributed by atoms with Crippen molar-refractivity contribution in [1.82, 2.24) is 25.6 Å². The minimum Gasteiger partial charge on any atom is -0.496 e. The van der Waals surface area contributed by atoms with Gasteiger partial charge in [0.05, 0.1) is 23.3 Å². The fraction of sp³-hybridized carbons (Fsp3) is 0.167. The number of amides is 2. The summed E-state index contributed by atoms with van der Waals surface area (Å²) in [4.78, 5) is 24.9. The molecule has 0 saturated heterocycles. The molecule has 2 aromatic carbocycles. The highest BCUT2D eigenvalue weighted by Crippen LogP contribution is 2.31.